The van der Waals surface area contributed by atoms with Gasteiger partial charge in [0.2, 0.25) is 0 Å². The van der Waals surface area contributed by atoms with Gasteiger partial charge in [-0.05, 0) is 63.0 Å². The van der Waals surface area contributed by atoms with Gasteiger partial charge in [-0.15, -0.1) is 0 Å². The van der Waals surface area contributed by atoms with Crippen LogP contribution < -0.4 is 20.4 Å². The lowest BCUT2D eigenvalue weighted by atomic mass is 10.2. The summed E-state index contributed by atoms with van der Waals surface area (Å²) in [5.74, 6) is 0. The lowest BCUT2D eigenvalue weighted by Gasteiger charge is -2.21. The first-order chi connectivity index (χ1) is 16.6. The molecule has 5 heteroatoms. The average Bonchev–Trinajstić information content (AvgIpc) is 3.16. The topological polar surface area (TPSA) is 9.03 Å². The van der Waals surface area contributed by atoms with Crippen molar-refractivity contribution in [1.82, 2.24) is 4.57 Å². The molecular weight excluding hydrogens is 566 g/mol. The fourth-order valence-electron chi connectivity index (χ4n) is 4.48. The summed E-state index contributed by atoms with van der Waals surface area (Å²) in [7, 11) is 0. The van der Waals surface area contributed by atoms with Crippen molar-refractivity contribution in [2.24, 2.45) is 0 Å². The van der Waals surface area contributed by atoms with E-state index in [0.29, 0.717) is 0 Å². The molecule has 0 amide bonds. The molecule has 34 heavy (non-hydrogen) atoms. The number of aromatic nitrogens is 2. The largest absolute Gasteiger partial charge is 0.287 e. The van der Waals surface area contributed by atoms with Gasteiger partial charge in [0, 0.05) is 16.6 Å². The highest BCUT2D eigenvalue weighted by Crippen LogP contribution is 2.42. The lowest BCUT2D eigenvalue weighted by Crippen LogP contribution is -2.42. The number of rotatable bonds is 6. The zero-order valence-corrected chi connectivity index (χ0v) is 22.8. The molecule has 0 N–H and O–H groups in total. The summed E-state index contributed by atoms with van der Waals surface area (Å²) in [6.45, 7) is 3.00. The summed E-state index contributed by atoms with van der Waals surface area (Å²) in [4.78, 5) is 0. The van der Waals surface area contributed by atoms with E-state index >= 15 is 0 Å². The monoisotopic (exact) mass is 591 g/mol. The molecule has 0 saturated carbocycles. The normalized spacial score (nSPS) is 11.9. The molecule has 0 unspecified atom stereocenters. The van der Waals surface area contributed by atoms with Crippen LogP contribution in [0.1, 0.15) is 11.3 Å². The summed E-state index contributed by atoms with van der Waals surface area (Å²) in [6.07, 6.45) is 6.60. The second kappa shape index (κ2) is 9.99. The number of hydrogen-bond acceptors (Lipinski definition) is 1. The van der Waals surface area contributed by atoms with Gasteiger partial charge in [-0.2, -0.15) is 4.40 Å². The third kappa shape index (κ3) is 4.31. The second-order valence-corrected chi connectivity index (χ2v) is 13.7. The van der Waals surface area contributed by atoms with Crippen molar-refractivity contribution >= 4 is 68.2 Å². The molecule has 168 valence electrons. The summed E-state index contributed by atoms with van der Waals surface area (Å²) in [5, 5.41) is 2.42. The molecule has 0 spiro atoms. The maximum atomic E-state index is 6.69. The average molecular weight is 591 g/mol. The van der Waals surface area contributed by atoms with Gasteiger partial charge < -0.3 is 0 Å². The van der Waals surface area contributed by atoms with Crippen molar-refractivity contribution in [2.75, 3.05) is 0 Å². The highest BCUT2D eigenvalue weighted by molar-refractivity contribution is 14.1. The minimum absolute atomic E-state index is 0.781. The molecule has 5 rings (SSSR count). The van der Waals surface area contributed by atoms with Crippen molar-refractivity contribution in [3.05, 3.63) is 130 Å². The van der Waals surface area contributed by atoms with Gasteiger partial charge in [-0.25, -0.2) is 4.57 Å². The molecule has 0 atom stereocenters. The molecule has 0 saturated heterocycles. The number of imidazole rings is 1. The van der Waals surface area contributed by atoms with Crippen molar-refractivity contribution in [1.29, 1.82) is 0 Å². The second-order valence-electron chi connectivity index (χ2n) is 8.19. The van der Waals surface area contributed by atoms with Crippen LogP contribution >= 0.6 is 28.6 Å². The van der Waals surface area contributed by atoms with E-state index in [1.807, 2.05) is 0 Å². The quantitative estimate of drug-likeness (QED) is 0.142. The van der Waals surface area contributed by atoms with E-state index in [0.717, 1.165) is 12.2 Å². The molecule has 0 radical (unpaired) electrons. The Morgan fingerprint density at radius 1 is 0.853 bits per heavy atom. The summed E-state index contributed by atoms with van der Waals surface area (Å²) in [5.41, 5.74) is 4.81. The zero-order chi connectivity index (χ0) is 23.5. The van der Waals surface area contributed by atoms with Gasteiger partial charge >= 0.3 is 0 Å². The van der Waals surface area contributed by atoms with Crippen LogP contribution in [0, 0.1) is 10.5 Å². The Morgan fingerprint density at radius 3 is 2.15 bits per heavy atom. The molecule has 3 aromatic carbocycles. The first-order valence-electron chi connectivity index (χ1n) is 11.2. The molecule has 2 aromatic heterocycles. The van der Waals surface area contributed by atoms with E-state index in [1.54, 1.807) is 0 Å². The Hall–Kier alpha value is -2.53. The zero-order valence-electron chi connectivity index (χ0n) is 18.9. The van der Waals surface area contributed by atoms with Crippen molar-refractivity contribution < 1.29 is 4.40 Å². The highest BCUT2D eigenvalue weighted by atomic mass is 127. The Bertz CT molecular complexity index is 1480. The van der Waals surface area contributed by atoms with Crippen LogP contribution in [0.4, 0.5) is 0 Å². The molecule has 0 aliphatic heterocycles. The van der Waals surface area contributed by atoms with E-state index in [1.165, 1.54) is 30.9 Å². The fraction of sp³-hybridized carbons (Fsp3) is 0.0690. The number of benzene rings is 3. The van der Waals surface area contributed by atoms with Crippen LogP contribution in [0.25, 0.3) is 11.7 Å². The first kappa shape index (κ1) is 23.2. The molecule has 2 nitrogen and oxygen atoms in total. The van der Waals surface area contributed by atoms with Crippen LogP contribution in [-0.2, 0) is 18.4 Å². The Balaban J connectivity index is 1.69. The molecule has 5 aromatic rings. The smallest absolute Gasteiger partial charge is 0.223 e. The molecular formula is C29H25IN2PS+. The SMILES string of the molecule is Cc1c(P(=S)(c2ccccc2)c2ccccc2)[n+]2ccccc2n1C/C=C/c1cccc(I)c1. The number of halogens is 1. The number of fused-ring (bicyclic) bond motifs is 1. The number of allylic oxidation sites excluding steroid dienone is 1. The van der Waals surface area contributed by atoms with Crippen LogP contribution in [0.15, 0.2) is 115 Å². The van der Waals surface area contributed by atoms with Gasteiger partial charge in [0.25, 0.3) is 5.65 Å². The summed E-state index contributed by atoms with van der Waals surface area (Å²) in [6, 6.07) is 33.9. The van der Waals surface area contributed by atoms with Gasteiger partial charge in [0.15, 0.2) is 5.44 Å². The van der Waals surface area contributed by atoms with Crippen molar-refractivity contribution in [3.8, 4) is 0 Å². The molecule has 2 heterocycles. The predicted octanol–water partition coefficient (Wildman–Crippen LogP) is 5.61. The summed E-state index contributed by atoms with van der Waals surface area (Å²) < 4.78 is 5.94. The van der Waals surface area contributed by atoms with Gasteiger partial charge in [-0.3, -0.25) is 0 Å². The Kier molecular flexibility index (Phi) is 6.82. The third-order valence-electron chi connectivity index (χ3n) is 6.06. The van der Waals surface area contributed by atoms with Crippen LogP contribution in [0.2, 0.25) is 0 Å². The standard InChI is InChI=1S/C29H25IN2PS/c1-23-29(33(34,26-15-4-2-5-16-26)27-17-6-3-7-18-27)32-20-9-8-19-28(32)31(23)21-11-13-24-12-10-14-25(30)22-24/h2-20,22H,21H2,1H3/q+1/b13-11+. The minimum atomic E-state index is -2.29. The number of hydrogen-bond donors (Lipinski definition) is 0. The van der Waals surface area contributed by atoms with Crippen LogP contribution in [0.5, 0.6) is 0 Å². The van der Waals surface area contributed by atoms with Crippen LogP contribution in [-0.4, -0.2) is 4.57 Å². The maximum Gasteiger partial charge on any atom is 0.287 e. The molecule has 0 bridgehead atoms. The minimum Gasteiger partial charge on any atom is -0.223 e. The lowest BCUT2D eigenvalue weighted by molar-refractivity contribution is -0.490. The van der Waals surface area contributed by atoms with E-state index in [-0.39, 0.29) is 0 Å². The third-order valence-corrected chi connectivity index (χ3v) is 11.7. The van der Waals surface area contributed by atoms with E-state index < -0.39 is 6.04 Å². The Labute approximate surface area is 219 Å². The molecule has 0 aliphatic rings. The van der Waals surface area contributed by atoms with E-state index in [2.05, 4.69) is 160 Å². The van der Waals surface area contributed by atoms with Gasteiger partial charge in [0.1, 0.15) is 12.2 Å². The summed E-state index contributed by atoms with van der Waals surface area (Å²) >= 11 is 9.05. The highest BCUT2D eigenvalue weighted by Gasteiger charge is 2.36. The number of pyridine rings is 1. The van der Waals surface area contributed by atoms with E-state index in [9.17, 15) is 0 Å². The fourth-order valence-corrected chi connectivity index (χ4v) is 9.46. The van der Waals surface area contributed by atoms with E-state index in [4.69, 9.17) is 11.8 Å². The number of nitrogens with zero attached hydrogens (tertiary/aromatic N) is 2. The van der Waals surface area contributed by atoms with Gasteiger partial charge in [0.05, 0.1) is 12.2 Å². The van der Waals surface area contributed by atoms with Crippen molar-refractivity contribution in [2.45, 2.75) is 13.5 Å². The Morgan fingerprint density at radius 2 is 1.50 bits per heavy atom. The predicted molar refractivity (Wildman–Crippen MR) is 157 cm³/mol. The van der Waals surface area contributed by atoms with Crippen molar-refractivity contribution in [3.63, 3.8) is 0 Å². The molecule has 0 aliphatic carbocycles. The maximum absolute atomic E-state index is 6.69. The van der Waals surface area contributed by atoms with Crippen LogP contribution in [0.3, 0.4) is 0 Å². The molecule has 0 fully saturated rings. The first-order valence-corrected chi connectivity index (χ1v) is 15.1. The van der Waals surface area contributed by atoms with Gasteiger partial charge in [-0.1, -0.05) is 96.7 Å².